The van der Waals surface area contributed by atoms with Gasteiger partial charge in [0.05, 0.1) is 12.7 Å². The summed E-state index contributed by atoms with van der Waals surface area (Å²) in [5.74, 6) is 0.584. The molecule has 1 fully saturated rings. The van der Waals surface area contributed by atoms with Gasteiger partial charge in [-0.25, -0.2) is 9.78 Å². The summed E-state index contributed by atoms with van der Waals surface area (Å²) in [6.45, 7) is 3.69. The summed E-state index contributed by atoms with van der Waals surface area (Å²) in [6, 6.07) is 12.1. The van der Waals surface area contributed by atoms with Gasteiger partial charge in [-0.3, -0.25) is 14.5 Å². The van der Waals surface area contributed by atoms with E-state index in [1.807, 2.05) is 18.2 Å². The average molecular weight is 365 g/mol. The molecule has 0 saturated carbocycles. The number of nitrogens with one attached hydrogen (secondary N) is 2. The lowest BCUT2D eigenvalue weighted by Gasteiger charge is -2.15. The van der Waals surface area contributed by atoms with Crippen molar-refractivity contribution in [2.24, 2.45) is 0 Å². The molecular weight excluding hydrogens is 342 g/mol. The Labute approximate surface area is 157 Å². The largest absolute Gasteiger partial charge is 0.493 e. The number of anilines is 2. The molecule has 0 aliphatic carbocycles. The highest BCUT2D eigenvalue weighted by Crippen LogP contribution is 2.19. The number of hydrogen-bond acceptors (Lipinski definition) is 5. The Morgan fingerprint density at radius 1 is 1.11 bits per heavy atom. The molecule has 3 heterocycles. The first-order chi connectivity index (χ1) is 13.2. The molecular formula is C20H23N5O2. The van der Waals surface area contributed by atoms with Crippen LogP contribution in [-0.4, -0.2) is 37.6 Å². The monoisotopic (exact) mass is 365 g/mol. The summed E-state index contributed by atoms with van der Waals surface area (Å²) in [5, 5.41) is 12.7. The maximum atomic E-state index is 11.7. The van der Waals surface area contributed by atoms with Crippen LogP contribution in [0.4, 0.5) is 11.5 Å². The van der Waals surface area contributed by atoms with Crippen molar-refractivity contribution >= 4 is 11.5 Å². The van der Waals surface area contributed by atoms with E-state index in [-0.39, 0.29) is 11.6 Å². The molecule has 0 unspecified atom stereocenters. The van der Waals surface area contributed by atoms with Gasteiger partial charge in [-0.2, -0.15) is 0 Å². The second-order valence-corrected chi connectivity index (χ2v) is 6.93. The highest BCUT2D eigenvalue weighted by atomic mass is 16.3. The summed E-state index contributed by atoms with van der Waals surface area (Å²) >= 11 is 0. The van der Waals surface area contributed by atoms with Crippen molar-refractivity contribution < 1.29 is 5.11 Å². The number of rotatable bonds is 6. The van der Waals surface area contributed by atoms with Gasteiger partial charge in [0.15, 0.2) is 0 Å². The number of benzene rings is 1. The Balaban J connectivity index is 1.46. The van der Waals surface area contributed by atoms with E-state index in [0.29, 0.717) is 6.54 Å². The van der Waals surface area contributed by atoms with Gasteiger partial charge in [-0.15, -0.1) is 0 Å². The number of likely N-dealkylation sites (tertiary alicyclic amines) is 1. The van der Waals surface area contributed by atoms with Gasteiger partial charge in [0, 0.05) is 18.4 Å². The molecule has 1 saturated heterocycles. The van der Waals surface area contributed by atoms with E-state index >= 15 is 0 Å². The Morgan fingerprint density at radius 2 is 1.93 bits per heavy atom. The molecule has 0 amide bonds. The molecule has 0 spiro atoms. The molecule has 1 aromatic carbocycles. The van der Waals surface area contributed by atoms with Crippen LogP contribution in [0, 0.1) is 0 Å². The molecule has 7 heteroatoms. The van der Waals surface area contributed by atoms with Crippen molar-refractivity contribution in [1.82, 2.24) is 19.4 Å². The molecule has 27 heavy (non-hydrogen) atoms. The second-order valence-electron chi connectivity index (χ2n) is 6.93. The maximum absolute atomic E-state index is 11.7. The van der Waals surface area contributed by atoms with Crippen LogP contribution in [0.15, 0.2) is 53.6 Å². The minimum Gasteiger partial charge on any atom is -0.493 e. The second kappa shape index (κ2) is 7.67. The van der Waals surface area contributed by atoms with Crippen LogP contribution in [0.2, 0.25) is 0 Å². The van der Waals surface area contributed by atoms with Crippen molar-refractivity contribution in [3.05, 3.63) is 70.4 Å². The number of imidazole rings is 1. The summed E-state index contributed by atoms with van der Waals surface area (Å²) in [6.07, 6.45) is 5.67. The molecule has 0 atom stereocenters. The van der Waals surface area contributed by atoms with E-state index in [2.05, 4.69) is 38.4 Å². The van der Waals surface area contributed by atoms with Crippen LogP contribution in [0.25, 0.3) is 0 Å². The fraction of sp³-hybridized carbons (Fsp3) is 0.300. The molecule has 3 N–H and O–H groups in total. The van der Waals surface area contributed by atoms with Crippen molar-refractivity contribution in [3.8, 4) is 5.88 Å². The van der Waals surface area contributed by atoms with Crippen molar-refractivity contribution in [2.75, 3.05) is 18.4 Å². The van der Waals surface area contributed by atoms with E-state index in [4.69, 9.17) is 0 Å². The first-order valence-electron chi connectivity index (χ1n) is 9.17. The summed E-state index contributed by atoms with van der Waals surface area (Å²) in [7, 11) is 0. The molecule has 4 rings (SSSR count). The van der Waals surface area contributed by atoms with E-state index in [1.165, 1.54) is 42.3 Å². The van der Waals surface area contributed by atoms with Crippen LogP contribution in [0.1, 0.15) is 24.0 Å². The lowest BCUT2D eigenvalue weighted by atomic mass is 10.2. The Morgan fingerprint density at radius 3 is 2.70 bits per heavy atom. The quantitative estimate of drug-likeness (QED) is 0.625. The van der Waals surface area contributed by atoms with Crippen LogP contribution in [0.5, 0.6) is 5.88 Å². The van der Waals surface area contributed by atoms with E-state index in [9.17, 15) is 9.90 Å². The van der Waals surface area contributed by atoms with Crippen molar-refractivity contribution in [2.45, 2.75) is 25.9 Å². The molecule has 2 aromatic heterocycles. The van der Waals surface area contributed by atoms with Crippen LogP contribution in [-0.2, 0) is 13.1 Å². The molecule has 1 aliphatic rings. The Bertz CT molecular complexity index is 972. The van der Waals surface area contributed by atoms with Crippen LogP contribution in [0.3, 0.4) is 0 Å². The minimum absolute atomic E-state index is 0.137. The molecule has 140 valence electrons. The zero-order valence-electron chi connectivity index (χ0n) is 15.1. The zero-order chi connectivity index (χ0) is 18.6. The van der Waals surface area contributed by atoms with Gasteiger partial charge < -0.3 is 10.4 Å². The first kappa shape index (κ1) is 17.4. The maximum Gasteiger partial charge on any atom is 0.328 e. The number of aromatic nitrogens is 3. The fourth-order valence-corrected chi connectivity index (χ4v) is 3.47. The number of aromatic amines is 1. The Kier molecular flexibility index (Phi) is 4.93. The average Bonchev–Trinajstić information content (AvgIpc) is 3.25. The smallest absolute Gasteiger partial charge is 0.328 e. The molecule has 0 bridgehead atoms. The molecule has 0 radical (unpaired) electrons. The van der Waals surface area contributed by atoms with Gasteiger partial charge in [0.1, 0.15) is 5.82 Å². The normalized spacial score (nSPS) is 14.5. The lowest BCUT2D eigenvalue weighted by Crippen LogP contribution is -2.18. The minimum atomic E-state index is -0.339. The van der Waals surface area contributed by atoms with Gasteiger partial charge >= 0.3 is 5.69 Å². The number of pyridine rings is 1. The predicted octanol–water partition coefficient (Wildman–Crippen LogP) is 2.66. The highest BCUT2D eigenvalue weighted by molar-refractivity contribution is 5.57. The fourth-order valence-electron chi connectivity index (χ4n) is 3.47. The number of aromatic hydroxyl groups is 1. The third kappa shape index (κ3) is 4.38. The highest BCUT2D eigenvalue weighted by Gasteiger charge is 2.12. The van der Waals surface area contributed by atoms with Crippen LogP contribution >= 0.6 is 0 Å². The van der Waals surface area contributed by atoms with E-state index in [0.717, 1.165) is 23.6 Å². The molecule has 1 aliphatic heterocycles. The summed E-state index contributed by atoms with van der Waals surface area (Å²) < 4.78 is 1.42. The number of hydrogen-bond donors (Lipinski definition) is 3. The van der Waals surface area contributed by atoms with E-state index in [1.54, 1.807) is 6.20 Å². The van der Waals surface area contributed by atoms with E-state index < -0.39 is 0 Å². The lowest BCUT2D eigenvalue weighted by molar-refractivity contribution is 0.331. The summed E-state index contributed by atoms with van der Waals surface area (Å²) in [5.41, 5.74) is 2.86. The topological polar surface area (TPSA) is 86.2 Å². The van der Waals surface area contributed by atoms with Gasteiger partial charge in [0.25, 0.3) is 0 Å². The number of nitrogens with zero attached hydrogens (tertiary/aromatic N) is 3. The third-order valence-electron chi connectivity index (χ3n) is 4.76. The van der Waals surface area contributed by atoms with Crippen LogP contribution < -0.4 is 11.0 Å². The third-order valence-corrected chi connectivity index (χ3v) is 4.76. The standard InChI is InChI=1S/C20H23N5O2/c26-19-14-25(20(27)23-19)13-16-6-7-21-18(11-16)22-17-5-3-4-15(10-17)12-24-8-1-2-9-24/h3-7,10-11,14,26H,1-2,8-9,12-13H2,(H,21,22)(H,23,27). The Hall–Kier alpha value is -3.06. The van der Waals surface area contributed by atoms with Crippen molar-refractivity contribution in [1.29, 1.82) is 0 Å². The van der Waals surface area contributed by atoms with Gasteiger partial charge in [-0.05, 0) is 61.3 Å². The zero-order valence-corrected chi connectivity index (χ0v) is 15.1. The molecule has 7 nitrogen and oxygen atoms in total. The van der Waals surface area contributed by atoms with Crippen molar-refractivity contribution in [3.63, 3.8) is 0 Å². The predicted molar refractivity (Wildman–Crippen MR) is 104 cm³/mol. The molecule has 3 aromatic rings. The SMILES string of the molecule is O=c1[nH]c(O)cn1Cc1ccnc(Nc2cccc(CN3CCCC3)c2)c1. The summed E-state index contributed by atoms with van der Waals surface area (Å²) in [4.78, 5) is 20.9. The number of H-pyrrole nitrogens is 1. The first-order valence-corrected chi connectivity index (χ1v) is 9.17. The van der Waals surface area contributed by atoms with Gasteiger partial charge in [-0.1, -0.05) is 12.1 Å². The van der Waals surface area contributed by atoms with Gasteiger partial charge in [0.2, 0.25) is 5.88 Å².